The Morgan fingerprint density at radius 1 is 0.926 bits per heavy atom. The molecule has 2 nitrogen and oxygen atoms in total. The van der Waals surface area contributed by atoms with E-state index in [0.29, 0.717) is 10.0 Å². The van der Waals surface area contributed by atoms with Gasteiger partial charge in [-0.1, -0.05) is 85.8 Å². The van der Waals surface area contributed by atoms with Gasteiger partial charge < -0.3 is 5.32 Å². The van der Waals surface area contributed by atoms with Gasteiger partial charge in [-0.25, -0.2) is 0 Å². The average molecular weight is 405 g/mol. The molecule has 0 atom stereocenters. The summed E-state index contributed by atoms with van der Waals surface area (Å²) in [4.78, 5) is 4.89. The molecule has 0 aliphatic carbocycles. The topological polar surface area (TPSA) is 24.4 Å². The van der Waals surface area contributed by atoms with Gasteiger partial charge in [0, 0.05) is 25.2 Å². The lowest BCUT2D eigenvalue weighted by molar-refractivity contribution is 0.671. The zero-order valence-electron chi connectivity index (χ0n) is 16.2. The largest absolute Gasteiger partial charge is 0.316 e. The van der Waals surface area contributed by atoms with Gasteiger partial charge in [0.05, 0.1) is 10.0 Å². The normalized spacial score (nSPS) is 11.7. The monoisotopic (exact) mass is 404 g/mol. The Morgan fingerprint density at radius 3 is 2.48 bits per heavy atom. The fraction of sp³-hybridized carbons (Fsp3) is 0.435. The highest BCUT2D eigenvalue weighted by Gasteiger charge is 2.04. The first-order chi connectivity index (χ1) is 13.2. The van der Waals surface area contributed by atoms with Crippen LogP contribution < -0.4 is 5.32 Å². The molecule has 0 heterocycles. The average Bonchev–Trinajstić information content (AvgIpc) is 2.69. The third-order valence-electron chi connectivity index (χ3n) is 4.53. The molecule has 0 aliphatic rings. The summed E-state index contributed by atoms with van der Waals surface area (Å²) in [6.45, 7) is 5.00. The maximum Gasteiger partial charge on any atom is 0.0595 e. The molecule has 0 saturated carbocycles. The van der Waals surface area contributed by atoms with Gasteiger partial charge in [0.15, 0.2) is 0 Å². The molecular weight excluding hydrogens is 375 g/mol. The summed E-state index contributed by atoms with van der Waals surface area (Å²) in [6.07, 6.45) is 6.88. The van der Waals surface area contributed by atoms with Crippen molar-refractivity contribution in [2.45, 2.75) is 45.4 Å². The molecule has 27 heavy (non-hydrogen) atoms. The van der Waals surface area contributed by atoms with Crippen LogP contribution in [0.1, 0.15) is 50.2 Å². The number of aliphatic imine (C=N–C) groups is 1. The summed E-state index contributed by atoms with van der Waals surface area (Å²) >= 11 is 12.0. The predicted molar refractivity (Wildman–Crippen MR) is 120 cm³/mol. The number of benzene rings is 2. The molecule has 0 unspecified atom stereocenters. The number of unbranched alkanes of at least 4 members (excludes halogenated alkanes) is 3. The highest BCUT2D eigenvalue weighted by Crippen LogP contribution is 2.22. The van der Waals surface area contributed by atoms with Gasteiger partial charge in [-0.3, -0.25) is 4.99 Å². The van der Waals surface area contributed by atoms with Gasteiger partial charge in [0.2, 0.25) is 0 Å². The first kappa shape index (κ1) is 21.9. The van der Waals surface area contributed by atoms with Crippen molar-refractivity contribution in [1.29, 1.82) is 0 Å². The van der Waals surface area contributed by atoms with Crippen molar-refractivity contribution >= 4 is 28.9 Å². The Labute approximate surface area is 174 Å². The fourth-order valence-electron chi connectivity index (χ4n) is 2.96. The smallest absolute Gasteiger partial charge is 0.0595 e. The number of hydrogen-bond acceptors (Lipinski definition) is 2. The number of nitrogens with zero attached hydrogens (tertiary/aromatic N) is 1. The molecule has 0 saturated heterocycles. The van der Waals surface area contributed by atoms with E-state index in [1.807, 2.05) is 18.2 Å². The molecule has 0 bridgehead atoms. The Morgan fingerprint density at radius 2 is 1.74 bits per heavy atom. The minimum Gasteiger partial charge on any atom is -0.316 e. The summed E-state index contributed by atoms with van der Waals surface area (Å²) in [5, 5.41) is 4.75. The first-order valence-corrected chi connectivity index (χ1v) is 10.7. The molecule has 2 rings (SSSR count). The van der Waals surface area contributed by atoms with Crippen molar-refractivity contribution in [2.24, 2.45) is 4.99 Å². The van der Waals surface area contributed by atoms with E-state index in [-0.39, 0.29) is 0 Å². The summed E-state index contributed by atoms with van der Waals surface area (Å²) in [5.74, 6) is 0. The highest BCUT2D eigenvalue weighted by molar-refractivity contribution is 6.42. The fourth-order valence-corrected chi connectivity index (χ4v) is 3.28. The van der Waals surface area contributed by atoms with E-state index in [9.17, 15) is 0 Å². The van der Waals surface area contributed by atoms with Crippen LogP contribution in [0, 0.1) is 0 Å². The van der Waals surface area contributed by atoms with E-state index in [2.05, 4.69) is 42.6 Å². The first-order valence-electron chi connectivity index (χ1n) is 9.94. The van der Waals surface area contributed by atoms with Crippen molar-refractivity contribution in [3.05, 3.63) is 69.7 Å². The van der Waals surface area contributed by atoms with Crippen molar-refractivity contribution in [2.75, 3.05) is 19.6 Å². The van der Waals surface area contributed by atoms with Crippen LogP contribution >= 0.6 is 23.2 Å². The van der Waals surface area contributed by atoms with E-state index in [1.165, 1.54) is 42.5 Å². The van der Waals surface area contributed by atoms with Gasteiger partial charge in [-0.15, -0.1) is 0 Å². The van der Waals surface area contributed by atoms with Crippen molar-refractivity contribution in [3.8, 4) is 0 Å². The summed E-state index contributed by atoms with van der Waals surface area (Å²) in [6, 6.07) is 16.4. The molecule has 0 spiro atoms. The van der Waals surface area contributed by atoms with Crippen molar-refractivity contribution < 1.29 is 0 Å². The SMILES string of the molecule is CCCCCCN=C(CCNCCc1ccc(Cl)c(Cl)c1)c1ccccc1. The van der Waals surface area contributed by atoms with Crippen LogP contribution in [0.25, 0.3) is 0 Å². The van der Waals surface area contributed by atoms with Crippen LogP contribution in [0.5, 0.6) is 0 Å². The molecule has 0 fully saturated rings. The molecular formula is C23H30Cl2N2. The molecule has 0 aliphatic heterocycles. The third kappa shape index (κ3) is 8.47. The lowest BCUT2D eigenvalue weighted by Crippen LogP contribution is -2.21. The maximum absolute atomic E-state index is 6.08. The standard InChI is InChI=1S/C23H30Cl2N2/c1-2-3-4-8-15-27-23(20-9-6-5-7-10-20)14-17-26-16-13-19-11-12-21(24)22(25)18-19/h5-7,9-12,18,26H,2-4,8,13-17H2,1H3. The van der Waals surface area contributed by atoms with E-state index in [4.69, 9.17) is 28.2 Å². The molecule has 0 radical (unpaired) electrons. The van der Waals surface area contributed by atoms with E-state index < -0.39 is 0 Å². The Hall–Kier alpha value is -1.35. The minimum atomic E-state index is 0.607. The van der Waals surface area contributed by atoms with E-state index >= 15 is 0 Å². The van der Waals surface area contributed by atoms with Gasteiger partial charge in [-0.2, -0.15) is 0 Å². The second kappa shape index (κ2) is 12.9. The molecule has 0 aromatic heterocycles. The number of nitrogens with one attached hydrogen (secondary N) is 1. The van der Waals surface area contributed by atoms with Gasteiger partial charge in [0.25, 0.3) is 0 Å². The quantitative estimate of drug-likeness (QED) is 0.313. The minimum absolute atomic E-state index is 0.607. The molecule has 146 valence electrons. The summed E-state index contributed by atoms with van der Waals surface area (Å²) in [7, 11) is 0. The maximum atomic E-state index is 6.08. The van der Waals surface area contributed by atoms with Crippen LogP contribution in [0.2, 0.25) is 10.0 Å². The summed E-state index contributed by atoms with van der Waals surface area (Å²) in [5.41, 5.74) is 3.64. The van der Waals surface area contributed by atoms with Crippen LogP contribution in [0.15, 0.2) is 53.5 Å². The Balaban J connectivity index is 1.79. The van der Waals surface area contributed by atoms with Crippen LogP contribution in [-0.4, -0.2) is 25.3 Å². The summed E-state index contributed by atoms with van der Waals surface area (Å²) < 4.78 is 0. The van der Waals surface area contributed by atoms with Crippen LogP contribution in [0.3, 0.4) is 0 Å². The molecule has 0 amide bonds. The van der Waals surface area contributed by atoms with Gasteiger partial charge in [-0.05, 0) is 42.6 Å². The predicted octanol–water partition coefficient (Wildman–Crippen LogP) is 6.59. The Kier molecular flexibility index (Phi) is 10.5. The molecule has 2 aromatic rings. The third-order valence-corrected chi connectivity index (χ3v) is 5.27. The van der Waals surface area contributed by atoms with Crippen LogP contribution in [0.4, 0.5) is 0 Å². The van der Waals surface area contributed by atoms with Gasteiger partial charge in [0.1, 0.15) is 0 Å². The van der Waals surface area contributed by atoms with E-state index in [1.54, 1.807) is 0 Å². The molecule has 1 N–H and O–H groups in total. The Bertz CT molecular complexity index is 699. The number of rotatable bonds is 12. The number of halogens is 2. The second-order valence-corrected chi connectivity index (χ2v) is 7.57. The van der Waals surface area contributed by atoms with E-state index in [0.717, 1.165) is 32.5 Å². The van der Waals surface area contributed by atoms with Crippen molar-refractivity contribution in [3.63, 3.8) is 0 Å². The zero-order valence-corrected chi connectivity index (χ0v) is 17.7. The molecule has 2 aromatic carbocycles. The van der Waals surface area contributed by atoms with Gasteiger partial charge >= 0.3 is 0 Å². The highest BCUT2D eigenvalue weighted by atomic mass is 35.5. The number of hydrogen-bond donors (Lipinski definition) is 1. The molecule has 4 heteroatoms. The lowest BCUT2D eigenvalue weighted by atomic mass is 10.1. The zero-order chi connectivity index (χ0) is 19.3. The van der Waals surface area contributed by atoms with Crippen LogP contribution in [-0.2, 0) is 6.42 Å². The lowest BCUT2D eigenvalue weighted by Gasteiger charge is -2.09. The van der Waals surface area contributed by atoms with Crippen molar-refractivity contribution in [1.82, 2.24) is 5.32 Å². The second-order valence-electron chi connectivity index (χ2n) is 6.75.